The molecule has 5 nitrogen and oxygen atoms in total. The van der Waals surface area contributed by atoms with Gasteiger partial charge in [0.1, 0.15) is 0 Å². The average Bonchev–Trinajstić information content (AvgIpc) is 2.60. The molecule has 76 valence electrons. The number of rotatable bonds is 4. The Morgan fingerprint density at radius 2 is 2.36 bits per heavy atom. The summed E-state index contributed by atoms with van der Waals surface area (Å²) in [7, 11) is 3.41. The summed E-state index contributed by atoms with van der Waals surface area (Å²) in [6.07, 6.45) is 4.29. The van der Waals surface area contributed by atoms with Gasteiger partial charge in [-0.2, -0.15) is 0 Å². The highest BCUT2D eigenvalue weighted by Crippen LogP contribution is 1.98. The van der Waals surface area contributed by atoms with Gasteiger partial charge < -0.3 is 9.47 Å². The Labute approximate surface area is 82.3 Å². The Morgan fingerprint density at radius 3 is 2.93 bits per heavy atom. The van der Waals surface area contributed by atoms with Crippen molar-refractivity contribution >= 4 is 12.2 Å². The van der Waals surface area contributed by atoms with Crippen LogP contribution in [-0.2, 0) is 11.3 Å². The molecule has 0 aliphatic rings. The third kappa shape index (κ3) is 2.42. The highest BCUT2D eigenvalue weighted by molar-refractivity contribution is 5.75. The third-order valence-corrected chi connectivity index (χ3v) is 1.92. The second-order valence-electron chi connectivity index (χ2n) is 3.13. The molecular weight excluding hydrogens is 182 g/mol. The van der Waals surface area contributed by atoms with Crippen molar-refractivity contribution in [2.24, 2.45) is 0 Å². The van der Waals surface area contributed by atoms with E-state index in [9.17, 15) is 9.59 Å². The van der Waals surface area contributed by atoms with Gasteiger partial charge in [0.2, 0.25) is 5.91 Å². The van der Waals surface area contributed by atoms with Gasteiger partial charge in [0, 0.05) is 39.5 Å². The van der Waals surface area contributed by atoms with Crippen LogP contribution in [0.1, 0.15) is 17.0 Å². The van der Waals surface area contributed by atoms with Crippen molar-refractivity contribution in [3.05, 3.63) is 18.2 Å². The molecule has 0 atom stereocenters. The van der Waals surface area contributed by atoms with Crippen LogP contribution in [0.3, 0.4) is 0 Å². The topological polar surface area (TPSA) is 55.2 Å². The summed E-state index contributed by atoms with van der Waals surface area (Å²) < 4.78 is 1.66. The average molecular weight is 195 g/mol. The predicted molar refractivity (Wildman–Crippen MR) is 50.9 cm³/mol. The molecule has 1 aromatic rings. The number of aromatic nitrogens is 2. The molecule has 1 amide bonds. The summed E-state index contributed by atoms with van der Waals surface area (Å²) in [6.45, 7) is 0.491. The molecule has 0 saturated carbocycles. The summed E-state index contributed by atoms with van der Waals surface area (Å²) in [5, 5.41) is 0. The zero-order valence-electron chi connectivity index (χ0n) is 8.30. The van der Waals surface area contributed by atoms with Gasteiger partial charge in [-0.15, -0.1) is 0 Å². The number of nitrogens with zero attached hydrogens (tertiary/aromatic N) is 3. The predicted octanol–water partition coefficient (Wildman–Crippen LogP) is 0.174. The fourth-order valence-electron chi connectivity index (χ4n) is 1.07. The first kappa shape index (κ1) is 10.4. The van der Waals surface area contributed by atoms with Gasteiger partial charge in [0.05, 0.1) is 0 Å². The second-order valence-corrected chi connectivity index (χ2v) is 3.13. The first-order valence-electron chi connectivity index (χ1n) is 4.31. The van der Waals surface area contributed by atoms with Crippen LogP contribution in [0, 0.1) is 0 Å². The molecule has 14 heavy (non-hydrogen) atoms. The Bertz CT molecular complexity index is 331. The smallest absolute Gasteiger partial charge is 0.223 e. The van der Waals surface area contributed by atoms with E-state index >= 15 is 0 Å². The van der Waals surface area contributed by atoms with Gasteiger partial charge >= 0.3 is 0 Å². The van der Waals surface area contributed by atoms with Crippen molar-refractivity contribution in [3.63, 3.8) is 0 Å². The van der Waals surface area contributed by atoms with Crippen LogP contribution in [0.5, 0.6) is 0 Å². The Hall–Kier alpha value is -1.65. The van der Waals surface area contributed by atoms with E-state index in [0.717, 1.165) is 0 Å². The van der Waals surface area contributed by atoms with Crippen LogP contribution in [-0.4, -0.2) is 40.7 Å². The molecule has 0 aliphatic heterocycles. The quantitative estimate of drug-likeness (QED) is 0.644. The highest BCUT2D eigenvalue weighted by Gasteiger charge is 2.06. The zero-order valence-corrected chi connectivity index (χ0v) is 8.30. The minimum atomic E-state index is 0.0375. The van der Waals surface area contributed by atoms with Gasteiger partial charge in [-0.25, -0.2) is 4.98 Å². The normalized spacial score (nSPS) is 9.86. The van der Waals surface area contributed by atoms with Crippen molar-refractivity contribution in [2.75, 3.05) is 14.1 Å². The lowest BCUT2D eigenvalue weighted by Crippen LogP contribution is -2.23. The van der Waals surface area contributed by atoms with E-state index in [4.69, 9.17) is 0 Å². The van der Waals surface area contributed by atoms with E-state index < -0.39 is 0 Å². The molecule has 0 spiro atoms. The highest BCUT2D eigenvalue weighted by atomic mass is 16.2. The summed E-state index contributed by atoms with van der Waals surface area (Å²) in [6, 6.07) is 0. The molecule has 5 heteroatoms. The summed E-state index contributed by atoms with van der Waals surface area (Å²) in [4.78, 5) is 27.1. The molecule has 0 saturated heterocycles. The lowest BCUT2D eigenvalue weighted by atomic mass is 10.4. The van der Waals surface area contributed by atoms with E-state index in [1.807, 2.05) is 0 Å². The first-order valence-corrected chi connectivity index (χ1v) is 4.31. The van der Waals surface area contributed by atoms with Crippen molar-refractivity contribution in [2.45, 2.75) is 13.0 Å². The molecule has 0 radical (unpaired) electrons. The lowest BCUT2D eigenvalue weighted by molar-refractivity contribution is -0.128. The van der Waals surface area contributed by atoms with Crippen molar-refractivity contribution < 1.29 is 9.59 Å². The molecule has 0 N–H and O–H groups in total. The molecule has 0 bridgehead atoms. The molecule has 1 aromatic heterocycles. The summed E-state index contributed by atoms with van der Waals surface area (Å²) in [5.74, 6) is 0.395. The van der Waals surface area contributed by atoms with Crippen molar-refractivity contribution in [1.29, 1.82) is 0 Å². The number of carbonyl (C=O) groups excluding carboxylic acids is 2. The van der Waals surface area contributed by atoms with Crippen LogP contribution in [0.15, 0.2) is 12.4 Å². The van der Waals surface area contributed by atoms with Crippen LogP contribution in [0.2, 0.25) is 0 Å². The third-order valence-electron chi connectivity index (χ3n) is 1.92. The van der Waals surface area contributed by atoms with E-state index in [1.165, 1.54) is 4.90 Å². The molecule has 0 fully saturated rings. The van der Waals surface area contributed by atoms with Crippen LogP contribution >= 0.6 is 0 Å². The molecular formula is C9H13N3O2. The van der Waals surface area contributed by atoms with Gasteiger partial charge in [-0.05, 0) is 0 Å². The molecule has 0 aromatic carbocycles. The fraction of sp³-hybridized carbons (Fsp3) is 0.444. The SMILES string of the molecule is CN(C)C(=O)CCn1ccnc1C=O. The Morgan fingerprint density at radius 1 is 1.64 bits per heavy atom. The maximum absolute atomic E-state index is 11.2. The van der Waals surface area contributed by atoms with Gasteiger partial charge in [-0.1, -0.05) is 0 Å². The monoisotopic (exact) mass is 195 g/mol. The fourth-order valence-corrected chi connectivity index (χ4v) is 1.07. The first-order chi connectivity index (χ1) is 6.65. The van der Waals surface area contributed by atoms with Crippen molar-refractivity contribution in [1.82, 2.24) is 14.5 Å². The van der Waals surface area contributed by atoms with E-state index in [2.05, 4.69) is 4.98 Å². The van der Waals surface area contributed by atoms with Gasteiger partial charge in [0.25, 0.3) is 0 Å². The Balaban J connectivity index is 2.53. The molecule has 1 rings (SSSR count). The summed E-state index contributed by atoms with van der Waals surface area (Å²) in [5.41, 5.74) is 0. The second kappa shape index (κ2) is 4.55. The summed E-state index contributed by atoms with van der Waals surface area (Å²) >= 11 is 0. The van der Waals surface area contributed by atoms with Crippen LogP contribution in [0.25, 0.3) is 0 Å². The van der Waals surface area contributed by atoms with E-state index in [-0.39, 0.29) is 5.91 Å². The number of amides is 1. The minimum absolute atomic E-state index is 0.0375. The molecule has 0 unspecified atom stereocenters. The van der Waals surface area contributed by atoms with E-state index in [0.29, 0.717) is 25.1 Å². The number of aldehydes is 1. The zero-order chi connectivity index (χ0) is 10.6. The molecule has 0 aliphatic carbocycles. The standard InChI is InChI=1S/C9H13N3O2/c1-11(2)9(14)3-5-12-6-4-10-8(12)7-13/h4,6-7H,3,5H2,1-2H3. The number of carbonyl (C=O) groups is 2. The maximum Gasteiger partial charge on any atom is 0.223 e. The Kier molecular flexibility index (Phi) is 3.39. The number of imidazole rings is 1. The van der Waals surface area contributed by atoms with Gasteiger partial charge in [-0.3, -0.25) is 9.59 Å². The molecule has 1 heterocycles. The number of aryl methyl sites for hydroxylation is 1. The van der Waals surface area contributed by atoms with Crippen LogP contribution in [0.4, 0.5) is 0 Å². The van der Waals surface area contributed by atoms with Gasteiger partial charge in [0.15, 0.2) is 12.1 Å². The van der Waals surface area contributed by atoms with E-state index in [1.54, 1.807) is 31.1 Å². The lowest BCUT2D eigenvalue weighted by Gasteiger charge is -2.10. The minimum Gasteiger partial charge on any atom is -0.349 e. The number of hydrogen-bond donors (Lipinski definition) is 0. The van der Waals surface area contributed by atoms with Crippen LogP contribution < -0.4 is 0 Å². The largest absolute Gasteiger partial charge is 0.349 e. The van der Waals surface area contributed by atoms with Crippen molar-refractivity contribution in [3.8, 4) is 0 Å². The maximum atomic E-state index is 11.2. The number of hydrogen-bond acceptors (Lipinski definition) is 3.